The molecule has 11 heteroatoms. The van der Waals surface area contributed by atoms with E-state index in [0.29, 0.717) is 43.9 Å². The molecule has 2 heterocycles. The highest BCUT2D eigenvalue weighted by Gasteiger charge is 2.28. The molecule has 11 nitrogen and oxygen atoms in total. The van der Waals surface area contributed by atoms with Crippen LogP contribution in [0.25, 0.3) is 0 Å². The smallest absolute Gasteiger partial charge is 0.269 e. The van der Waals surface area contributed by atoms with Gasteiger partial charge >= 0.3 is 0 Å². The van der Waals surface area contributed by atoms with E-state index in [1.165, 1.54) is 38.5 Å². The van der Waals surface area contributed by atoms with Gasteiger partial charge in [-0.15, -0.1) is 0 Å². The van der Waals surface area contributed by atoms with Crippen molar-refractivity contribution in [1.82, 2.24) is 30.2 Å². The first-order valence-electron chi connectivity index (χ1n) is 15.7. The van der Waals surface area contributed by atoms with Crippen molar-refractivity contribution in [2.75, 3.05) is 45.1 Å². The normalized spacial score (nSPS) is 16.0. The Kier molecular flexibility index (Phi) is 13.7. The number of rotatable bonds is 10. The van der Waals surface area contributed by atoms with Crippen LogP contribution in [0, 0.1) is 6.92 Å². The zero-order valence-electron chi connectivity index (χ0n) is 26.3. The molecule has 1 aliphatic carbocycles. The van der Waals surface area contributed by atoms with Crippen LogP contribution < -0.4 is 16.0 Å². The topological polar surface area (TPSA) is 129 Å². The predicted octanol–water partition coefficient (Wildman–Crippen LogP) is 3.13. The van der Waals surface area contributed by atoms with Gasteiger partial charge in [-0.05, 0) is 44.2 Å². The zero-order valence-corrected chi connectivity index (χ0v) is 26.3. The SMILES string of the molecule is C1CCCCC1.CCC(=O)NC(Cc1ccc(NC(=O)CNC(=O)c2ccnn2CC)c(C)c1)C(=O)N1CCN(C)CC1. The Balaban J connectivity index is 0.000000749. The summed E-state index contributed by atoms with van der Waals surface area (Å²) < 4.78 is 1.56. The molecule has 1 atom stereocenters. The van der Waals surface area contributed by atoms with Crippen molar-refractivity contribution in [2.24, 2.45) is 0 Å². The molecule has 236 valence electrons. The molecule has 4 rings (SSSR count). The number of nitrogens with zero attached hydrogens (tertiary/aromatic N) is 4. The average Bonchev–Trinajstić information content (AvgIpc) is 3.51. The number of aryl methyl sites for hydroxylation is 2. The summed E-state index contributed by atoms with van der Waals surface area (Å²) in [6, 6.07) is 6.46. The van der Waals surface area contributed by atoms with Crippen molar-refractivity contribution in [3.63, 3.8) is 0 Å². The van der Waals surface area contributed by atoms with E-state index in [1.54, 1.807) is 29.9 Å². The molecule has 1 aliphatic heterocycles. The fourth-order valence-electron chi connectivity index (χ4n) is 5.26. The van der Waals surface area contributed by atoms with Crippen molar-refractivity contribution >= 4 is 29.3 Å². The highest BCUT2D eigenvalue weighted by Crippen LogP contribution is 2.19. The lowest BCUT2D eigenvalue weighted by atomic mass is 10.0. The maximum absolute atomic E-state index is 13.2. The van der Waals surface area contributed by atoms with E-state index in [1.807, 2.05) is 37.9 Å². The summed E-state index contributed by atoms with van der Waals surface area (Å²) in [6.45, 7) is 8.74. The minimum atomic E-state index is -0.650. The number of carbonyl (C=O) groups is 4. The fraction of sp³-hybridized carbons (Fsp3) is 0.594. The molecule has 3 N–H and O–H groups in total. The lowest BCUT2D eigenvalue weighted by Gasteiger charge is -2.34. The standard InChI is InChI=1S/C26H37N7O4.C6H12/c1-5-23(34)30-21(26(37)32-13-11-31(4)12-14-32)16-19-7-8-20(18(3)15-19)29-24(35)17-27-25(36)22-9-10-28-33(22)6-2;1-2-4-6-5-3-1/h7-10,15,21H,5-6,11-14,16-17H2,1-4H3,(H,27,36)(H,29,35)(H,30,34);1-6H2. The van der Waals surface area contributed by atoms with Gasteiger partial charge in [0.2, 0.25) is 17.7 Å². The first kappa shape index (κ1) is 33.8. The molecular weight excluding hydrogens is 546 g/mol. The van der Waals surface area contributed by atoms with Gasteiger partial charge in [0.15, 0.2) is 0 Å². The number of amides is 4. The van der Waals surface area contributed by atoms with Crippen LogP contribution in [0.2, 0.25) is 0 Å². The molecule has 0 bridgehead atoms. The molecule has 1 aromatic heterocycles. The second kappa shape index (κ2) is 17.4. The van der Waals surface area contributed by atoms with Crippen molar-refractivity contribution < 1.29 is 19.2 Å². The number of hydrogen-bond donors (Lipinski definition) is 3. The molecule has 1 aromatic carbocycles. The molecule has 0 spiro atoms. The Morgan fingerprint density at radius 1 is 0.907 bits per heavy atom. The van der Waals surface area contributed by atoms with Gasteiger partial charge in [-0.2, -0.15) is 5.10 Å². The largest absolute Gasteiger partial charge is 0.344 e. The molecule has 4 amide bonds. The molecule has 1 saturated carbocycles. The number of benzene rings is 1. The monoisotopic (exact) mass is 595 g/mol. The van der Waals surface area contributed by atoms with Crippen LogP contribution >= 0.6 is 0 Å². The summed E-state index contributed by atoms with van der Waals surface area (Å²) in [6.07, 6.45) is 11.2. The van der Waals surface area contributed by atoms with E-state index in [2.05, 4.69) is 25.9 Å². The van der Waals surface area contributed by atoms with Crippen LogP contribution in [-0.4, -0.2) is 89.0 Å². The van der Waals surface area contributed by atoms with Crippen molar-refractivity contribution in [3.05, 3.63) is 47.3 Å². The lowest BCUT2D eigenvalue weighted by Crippen LogP contribution is -2.54. The first-order chi connectivity index (χ1) is 20.7. The van der Waals surface area contributed by atoms with Crippen molar-refractivity contribution in [1.29, 1.82) is 0 Å². The summed E-state index contributed by atoms with van der Waals surface area (Å²) in [5.74, 6) is -0.973. The average molecular weight is 596 g/mol. The van der Waals surface area contributed by atoms with E-state index in [4.69, 9.17) is 0 Å². The van der Waals surface area contributed by atoms with Gasteiger partial charge in [0.05, 0.1) is 6.54 Å². The molecule has 43 heavy (non-hydrogen) atoms. The van der Waals surface area contributed by atoms with Gasteiger partial charge in [0.25, 0.3) is 5.91 Å². The molecule has 2 aromatic rings. The van der Waals surface area contributed by atoms with Gasteiger partial charge < -0.3 is 25.8 Å². The maximum Gasteiger partial charge on any atom is 0.269 e. The summed E-state index contributed by atoms with van der Waals surface area (Å²) in [4.78, 5) is 54.1. The summed E-state index contributed by atoms with van der Waals surface area (Å²) in [5, 5.41) is 12.4. The van der Waals surface area contributed by atoms with Crippen LogP contribution in [0.15, 0.2) is 30.5 Å². The summed E-state index contributed by atoms with van der Waals surface area (Å²) in [5.41, 5.74) is 2.70. The highest BCUT2D eigenvalue weighted by atomic mass is 16.2. The van der Waals surface area contributed by atoms with Gasteiger partial charge in [-0.3, -0.25) is 23.9 Å². The number of aromatic nitrogens is 2. The Morgan fingerprint density at radius 3 is 2.14 bits per heavy atom. The highest BCUT2D eigenvalue weighted by molar-refractivity contribution is 5.98. The number of piperazine rings is 1. The van der Waals surface area contributed by atoms with Gasteiger partial charge in [0.1, 0.15) is 11.7 Å². The van der Waals surface area contributed by atoms with E-state index in [0.717, 1.165) is 24.2 Å². The number of likely N-dealkylation sites (N-methyl/N-ethyl adjacent to an activating group) is 1. The van der Waals surface area contributed by atoms with Crippen molar-refractivity contribution in [3.8, 4) is 0 Å². The third-order valence-electron chi connectivity index (χ3n) is 7.93. The van der Waals surface area contributed by atoms with Crippen LogP contribution in [0.1, 0.15) is 80.4 Å². The third-order valence-corrected chi connectivity index (χ3v) is 7.93. The summed E-state index contributed by atoms with van der Waals surface area (Å²) in [7, 11) is 2.03. The van der Waals surface area contributed by atoms with E-state index >= 15 is 0 Å². The lowest BCUT2D eigenvalue weighted by molar-refractivity contribution is -0.137. The molecule has 1 saturated heterocycles. The van der Waals surface area contributed by atoms with E-state index < -0.39 is 6.04 Å². The first-order valence-corrected chi connectivity index (χ1v) is 15.7. The van der Waals surface area contributed by atoms with Crippen molar-refractivity contribution in [2.45, 2.75) is 84.7 Å². The van der Waals surface area contributed by atoms with Gasteiger partial charge in [0, 0.05) is 57.4 Å². The van der Waals surface area contributed by atoms with Crippen LogP contribution in [0.5, 0.6) is 0 Å². The molecule has 0 radical (unpaired) electrons. The Bertz CT molecular complexity index is 1200. The van der Waals surface area contributed by atoms with Crippen LogP contribution in [0.4, 0.5) is 5.69 Å². The minimum absolute atomic E-state index is 0.0786. The Hall–Kier alpha value is -3.73. The number of nitrogens with one attached hydrogen (secondary N) is 3. The number of carbonyl (C=O) groups excluding carboxylic acids is 4. The van der Waals surface area contributed by atoms with Crippen LogP contribution in [0.3, 0.4) is 0 Å². The zero-order chi connectivity index (χ0) is 31.2. The maximum atomic E-state index is 13.2. The second-order valence-electron chi connectivity index (χ2n) is 11.3. The summed E-state index contributed by atoms with van der Waals surface area (Å²) >= 11 is 0. The Morgan fingerprint density at radius 2 is 1.56 bits per heavy atom. The minimum Gasteiger partial charge on any atom is -0.344 e. The number of hydrogen-bond acceptors (Lipinski definition) is 6. The fourth-order valence-corrected chi connectivity index (χ4v) is 5.26. The van der Waals surface area contributed by atoms with Gasteiger partial charge in [-0.1, -0.05) is 57.6 Å². The molecular formula is C32H49N7O4. The second-order valence-corrected chi connectivity index (χ2v) is 11.3. The van der Waals surface area contributed by atoms with E-state index in [-0.39, 0.29) is 30.2 Å². The third kappa shape index (κ3) is 10.8. The molecule has 1 unspecified atom stereocenters. The Labute approximate surface area is 255 Å². The van der Waals surface area contributed by atoms with E-state index in [9.17, 15) is 19.2 Å². The van der Waals surface area contributed by atoms with Crippen LogP contribution in [-0.2, 0) is 27.3 Å². The molecule has 2 fully saturated rings. The molecule has 2 aliphatic rings. The quantitative estimate of drug-likeness (QED) is 0.387. The predicted molar refractivity (Wildman–Crippen MR) is 168 cm³/mol. The number of anilines is 1. The van der Waals surface area contributed by atoms with Gasteiger partial charge in [-0.25, -0.2) is 0 Å².